The summed E-state index contributed by atoms with van der Waals surface area (Å²) in [5.74, 6) is 0. The average Bonchev–Trinajstić information content (AvgIpc) is 3.14. The van der Waals surface area contributed by atoms with Crippen LogP contribution < -0.4 is 5.32 Å². The van der Waals surface area contributed by atoms with E-state index in [1.807, 2.05) is 6.21 Å². The fourth-order valence-electron chi connectivity index (χ4n) is 3.79. The lowest BCUT2D eigenvalue weighted by atomic mass is 9.99. The fraction of sp³-hybridized carbons (Fsp3) is 0.318. The van der Waals surface area contributed by atoms with Gasteiger partial charge in [-0.3, -0.25) is 9.89 Å². The third-order valence-corrected chi connectivity index (χ3v) is 5.99. The molecule has 1 atom stereocenters. The van der Waals surface area contributed by atoms with Gasteiger partial charge in [-0.05, 0) is 88.5 Å². The van der Waals surface area contributed by atoms with Gasteiger partial charge in [0.2, 0.25) is 0 Å². The van der Waals surface area contributed by atoms with E-state index in [4.69, 9.17) is 0 Å². The summed E-state index contributed by atoms with van der Waals surface area (Å²) in [7, 11) is 0. The lowest BCUT2D eigenvalue weighted by Gasteiger charge is -2.22. The molecule has 0 bridgehead atoms. The Hall–Kier alpha value is -1.70. The van der Waals surface area contributed by atoms with Crippen LogP contribution in [0.4, 0.5) is 5.69 Å². The summed E-state index contributed by atoms with van der Waals surface area (Å²) in [6.07, 6.45) is 6.31. The zero-order valence-electron chi connectivity index (χ0n) is 15.2. The highest BCUT2D eigenvalue weighted by Gasteiger charge is 2.23. The van der Waals surface area contributed by atoms with Crippen LogP contribution in [-0.4, -0.2) is 42.0 Å². The second-order valence-corrected chi connectivity index (χ2v) is 8.41. The van der Waals surface area contributed by atoms with Crippen LogP contribution in [0.15, 0.2) is 53.7 Å². The minimum atomic E-state index is 0.260. The summed E-state index contributed by atoms with van der Waals surface area (Å²) >= 11 is 2.35. The van der Waals surface area contributed by atoms with Crippen molar-refractivity contribution in [3.05, 3.63) is 68.9 Å². The Bertz CT molecular complexity index is 860. The van der Waals surface area contributed by atoms with Gasteiger partial charge in [0.05, 0.1) is 13.2 Å². The molecule has 0 aromatic heterocycles. The number of fused-ring (bicyclic) bond motifs is 1. The number of aliphatic hydroxyl groups is 1. The largest absolute Gasteiger partial charge is 0.395 e. The monoisotopic (exact) mass is 473 g/mol. The van der Waals surface area contributed by atoms with Gasteiger partial charge in [0.25, 0.3) is 0 Å². The lowest BCUT2D eigenvalue weighted by Crippen LogP contribution is -2.31. The Morgan fingerprint density at radius 2 is 2.07 bits per heavy atom. The topological polar surface area (TPSA) is 47.9 Å². The average molecular weight is 473 g/mol. The van der Waals surface area contributed by atoms with E-state index in [1.54, 1.807) is 0 Å². The van der Waals surface area contributed by atoms with Crippen molar-refractivity contribution in [3.8, 4) is 0 Å². The first-order chi connectivity index (χ1) is 13.2. The van der Waals surface area contributed by atoms with Gasteiger partial charge in [0, 0.05) is 34.3 Å². The maximum Gasteiger partial charge on any atom is 0.0660 e. The SMILES string of the molecule is OC[C@H]1CCCN1Cc1ccc(NC=C2CN=Cc3ccc(I)cc32)cc1. The molecule has 140 valence electrons. The van der Waals surface area contributed by atoms with Crippen LogP contribution >= 0.6 is 22.6 Å². The molecule has 0 spiro atoms. The van der Waals surface area contributed by atoms with Crippen molar-refractivity contribution in [3.63, 3.8) is 0 Å². The Kier molecular flexibility index (Phi) is 5.90. The number of aliphatic hydroxyl groups excluding tert-OH is 1. The lowest BCUT2D eigenvalue weighted by molar-refractivity contribution is 0.153. The molecular weight excluding hydrogens is 449 g/mol. The number of hydrogen-bond acceptors (Lipinski definition) is 4. The Labute approximate surface area is 174 Å². The van der Waals surface area contributed by atoms with Gasteiger partial charge in [-0.15, -0.1) is 0 Å². The van der Waals surface area contributed by atoms with Crippen molar-refractivity contribution in [1.29, 1.82) is 0 Å². The van der Waals surface area contributed by atoms with E-state index >= 15 is 0 Å². The number of anilines is 1. The third kappa shape index (κ3) is 4.42. The number of nitrogens with one attached hydrogen (secondary N) is 1. The van der Waals surface area contributed by atoms with Crippen LogP contribution in [0.2, 0.25) is 0 Å². The van der Waals surface area contributed by atoms with Crippen molar-refractivity contribution in [1.82, 2.24) is 4.90 Å². The van der Waals surface area contributed by atoms with Gasteiger partial charge in [-0.1, -0.05) is 18.2 Å². The molecule has 2 aliphatic heterocycles. The minimum Gasteiger partial charge on any atom is -0.395 e. The number of likely N-dealkylation sites (tertiary alicyclic amines) is 1. The van der Waals surface area contributed by atoms with E-state index < -0.39 is 0 Å². The highest BCUT2D eigenvalue weighted by molar-refractivity contribution is 14.1. The van der Waals surface area contributed by atoms with Crippen LogP contribution in [0.1, 0.15) is 29.5 Å². The van der Waals surface area contributed by atoms with Crippen molar-refractivity contribution < 1.29 is 5.11 Å². The van der Waals surface area contributed by atoms with Crippen molar-refractivity contribution in [2.75, 3.05) is 25.0 Å². The highest BCUT2D eigenvalue weighted by atomic mass is 127. The smallest absolute Gasteiger partial charge is 0.0660 e. The van der Waals surface area contributed by atoms with Crippen LogP contribution in [0, 0.1) is 3.57 Å². The number of benzene rings is 2. The number of hydrogen-bond donors (Lipinski definition) is 2. The molecule has 2 aliphatic rings. The molecule has 0 radical (unpaired) electrons. The van der Waals surface area contributed by atoms with Gasteiger partial charge < -0.3 is 10.4 Å². The number of aliphatic imine (C=N–C) groups is 1. The molecule has 27 heavy (non-hydrogen) atoms. The standard InChI is InChI=1S/C22H24IN3O/c23-19-6-5-17-11-24-12-18(22(17)10-19)13-25-20-7-3-16(4-8-20)14-26-9-1-2-21(26)15-27/h3-8,10-11,13,21,25,27H,1-2,9,12,14-15H2/t21-/m1/s1. The molecule has 5 heteroatoms. The molecule has 2 heterocycles. The van der Waals surface area contributed by atoms with Gasteiger partial charge in [-0.25, -0.2) is 0 Å². The summed E-state index contributed by atoms with van der Waals surface area (Å²) < 4.78 is 1.24. The highest BCUT2D eigenvalue weighted by Crippen LogP contribution is 2.25. The molecule has 0 amide bonds. The van der Waals surface area contributed by atoms with Gasteiger partial charge in [-0.2, -0.15) is 0 Å². The van der Waals surface area contributed by atoms with Crippen LogP contribution in [0.25, 0.3) is 5.57 Å². The first-order valence-electron chi connectivity index (χ1n) is 9.42. The molecule has 0 saturated carbocycles. The third-order valence-electron chi connectivity index (χ3n) is 5.32. The summed E-state index contributed by atoms with van der Waals surface area (Å²) in [6.45, 7) is 2.95. The molecule has 0 unspecified atom stereocenters. The van der Waals surface area contributed by atoms with Crippen molar-refractivity contribution in [2.24, 2.45) is 4.99 Å². The van der Waals surface area contributed by atoms with Crippen LogP contribution in [-0.2, 0) is 6.54 Å². The zero-order chi connectivity index (χ0) is 18.6. The maximum atomic E-state index is 9.47. The number of halogens is 1. The molecule has 1 fully saturated rings. The number of rotatable bonds is 5. The van der Waals surface area contributed by atoms with E-state index in [-0.39, 0.29) is 6.61 Å². The van der Waals surface area contributed by atoms with Crippen LogP contribution in [0.3, 0.4) is 0 Å². The normalized spacial score (nSPS) is 20.8. The quantitative estimate of drug-likeness (QED) is 0.643. The van der Waals surface area contributed by atoms with E-state index in [1.165, 1.54) is 32.3 Å². The summed E-state index contributed by atoms with van der Waals surface area (Å²) in [4.78, 5) is 6.84. The summed E-state index contributed by atoms with van der Waals surface area (Å²) in [6, 6.07) is 15.4. The first-order valence-corrected chi connectivity index (χ1v) is 10.5. The van der Waals surface area contributed by atoms with Gasteiger partial charge in [0.15, 0.2) is 0 Å². The van der Waals surface area contributed by atoms with Crippen molar-refractivity contribution in [2.45, 2.75) is 25.4 Å². The van der Waals surface area contributed by atoms with E-state index in [2.05, 4.69) is 86.5 Å². The molecular formula is C22H24IN3O. The number of nitrogens with zero attached hydrogens (tertiary/aromatic N) is 2. The van der Waals surface area contributed by atoms with E-state index in [0.29, 0.717) is 12.6 Å². The van der Waals surface area contributed by atoms with Gasteiger partial charge >= 0.3 is 0 Å². The second-order valence-electron chi connectivity index (χ2n) is 7.16. The molecule has 4 nitrogen and oxygen atoms in total. The maximum absolute atomic E-state index is 9.47. The van der Waals surface area contributed by atoms with Crippen molar-refractivity contribution >= 4 is 40.1 Å². The molecule has 2 aromatic rings. The Balaban J connectivity index is 1.43. The predicted molar refractivity (Wildman–Crippen MR) is 120 cm³/mol. The molecule has 0 aliphatic carbocycles. The Morgan fingerprint density at radius 3 is 2.89 bits per heavy atom. The predicted octanol–water partition coefficient (Wildman–Crippen LogP) is 4.13. The molecule has 4 rings (SSSR count). The van der Waals surface area contributed by atoms with E-state index in [0.717, 1.165) is 25.2 Å². The van der Waals surface area contributed by atoms with Crippen LogP contribution in [0.5, 0.6) is 0 Å². The minimum absolute atomic E-state index is 0.260. The summed E-state index contributed by atoms with van der Waals surface area (Å²) in [5, 5.41) is 12.9. The second kappa shape index (κ2) is 8.54. The fourth-order valence-corrected chi connectivity index (χ4v) is 4.28. The zero-order valence-corrected chi connectivity index (χ0v) is 17.4. The first kappa shape index (κ1) is 18.7. The molecule has 2 aromatic carbocycles. The molecule has 2 N–H and O–H groups in total. The van der Waals surface area contributed by atoms with Gasteiger partial charge in [0.1, 0.15) is 0 Å². The Morgan fingerprint density at radius 1 is 1.22 bits per heavy atom. The van der Waals surface area contributed by atoms with E-state index in [9.17, 15) is 5.11 Å². The molecule has 1 saturated heterocycles. The summed E-state index contributed by atoms with van der Waals surface area (Å²) in [5.41, 5.74) is 6.00.